The maximum absolute atomic E-state index is 12.7. The summed E-state index contributed by atoms with van der Waals surface area (Å²) in [4.78, 5) is 12.7. The van der Waals surface area contributed by atoms with Gasteiger partial charge < -0.3 is 15.4 Å². The van der Waals surface area contributed by atoms with Gasteiger partial charge in [-0.15, -0.1) is 5.10 Å². The van der Waals surface area contributed by atoms with Crippen molar-refractivity contribution in [3.8, 4) is 5.69 Å². The third-order valence-corrected chi connectivity index (χ3v) is 4.21. The average Bonchev–Trinajstić information content (AvgIpc) is 3.21. The zero-order chi connectivity index (χ0) is 16.3. The summed E-state index contributed by atoms with van der Waals surface area (Å²) in [5, 5.41) is 17.4. The molecule has 8 nitrogen and oxygen atoms in total. The Labute approximate surface area is 134 Å². The van der Waals surface area contributed by atoms with Crippen LogP contribution in [0.2, 0.25) is 0 Å². The van der Waals surface area contributed by atoms with Crippen LogP contribution < -0.4 is 10.6 Å². The highest BCUT2D eigenvalue weighted by atomic mass is 16.5. The summed E-state index contributed by atoms with van der Waals surface area (Å²) in [6.45, 7) is 3.81. The highest BCUT2D eigenvalue weighted by Gasteiger charge is 2.41. The summed E-state index contributed by atoms with van der Waals surface area (Å²) in [6.07, 6.45) is 2.29. The topological polar surface area (TPSA) is 94.0 Å². The Morgan fingerprint density at radius 3 is 3.04 bits per heavy atom. The fraction of sp³-hybridized carbons (Fsp3) is 0.467. The molecule has 0 aliphatic carbocycles. The number of carbonyl (C=O) groups is 1. The Balaban J connectivity index is 1.83. The number of methoxy groups -OCH3 is 1. The number of amides is 1. The zero-order valence-corrected chi connectivity index (χ0v) is 13.2. The summed E-state index contributed by atoms with van der Waals surface area (Å²) >= 11 is 0. The van der Waals surface area contributed by atoms with Crippen LogP contribution in [0, 0.1) is 12.3 Å². The first kappa shape index (κ1) is 15.6. The number of nitrogens with zero attached hydrogens (tertiary/aromatic N) is 4. The zero-order valence-electron chi connectivity index (χ0n) is 13.2. The maximum Gasteiger partial charge on any atom is 0.234 e. The van der Waals surface area contributed by atoms with Gasteiger partial charge in [-0.1, -0.05) is 6.07 Å². The molecule has 3 rings (SSSR count). The van der Waals surface area contributed by atoms with Crippen molar-refractivity contribution in [1.82, 2.24) is 25.5 Å². The minimum absolute atomic E-state index is 0.0316. The molecular weight excluding hydrogens is 296 g/mol. The van der Waals surface area contributed by atoms with E-state index in [2.05, 4.69) is 26.2 Å². The summed E-state index contributed by atoms with van der Waals surface area (Å²) in [7, 11) is 1.62. The van der Waals surface area contributed by atoms with Crippen molar-refractivity contribution in [3.63, 3.8) is 0 Å². The monoisotopic (exact) mass is 316 g/mol. The highest BCUT2D eigenvalue weighted by molar-refractivity contribution is 5.96. The van der Waals surface area contributed by atoms with E-state index in [9.17, 15) is 4.79 Å². The van der Waals surface area contributed by atoms with Gasteiger partial charge in [0.05, 0.1) is 17.7 Å². The molecule has 2 aromatic rings. The number of aromatic nitrogens is 4. The third kappa shape index (κ3) is 3.08. The molecular formula is C15H20N6O2. The van der Waals surface area contributed by atoms with Crippen molar-refractivity contribution in [2.24, 2.45) is 5.41 Å². The second-order valence-corrected chi connectivity index (χ2v) is 5.85. The second kappa shape index (κ2) is 6.43. The first-order valence-corrected chi connectivity index (χ1v) is 7.50. The Kier molecular flexibility index (Phi) is 4.35. The standard InChI is InChI=1S/C15H20N6O2/c1-11-3-4-12(7-13(11)21-10-17-19-20-21)18-14(22)15(9-23-2)5-6-16-8-15/h3-4,7,10,16H,5-6,8-9H2,1-2H3,(H,18,22). The molecule has 2 heterocycles. The first-order valence-electron chi connectivity index (χ1n) is 7.50. The molecule has 0 saturated carbocycles. The molecule has 0 spiro atoms. The summed E-state index contributed by atoms with van der Waals surface area (Å²) < 4.78 is 6.83. The van der Waals surface area contributed by atoms with Crippen LogP contribution in [0.25, 0.3) is 5.69 Å². The van der Waals surface area contributed by atoms with Gasteiger partial charge in [0.15, 0.2) is 0 Å². The quantitative estimate of drug-likeness (QED) is 0.836. The third-order valence-electron chi connectivity index (χ3n) is 4.21. The second-order valence-electron chi connectivity index (χ2n) is 5.85. The molecule has 1 unspecified atom stereocenters. The van der Waals surface area contributed by atoms with E-state index in [1.54, 1.807) is 11.8 Å². The van der Waals surface area contributed by atoms with Gasteiger partial charge in [0.2, 0.25) is 5.91 Å². The minimum Gasteiger partial charge on any atom is -0.384 e. The molecule has 1 saturated heterocycles. The summed E-state index contributed by atoms with van der Waals surface area (Å²) in [5.74, 6) is -0.0316. The molecule has 2 N–H and O–H groups in total. The molecule has 1 aromatic carbocycles. The van der Waals surface area contributed by atoms with Gasteiger partial charge in [-0.05, 0) is 48.0 Å². The van der Waals surface area contributed by atoms with E-state index in [0.29, 0.717) is 18.8 Å². The normalized spacial score (nSPS) is 20.6. The minimum atomic E-state index is -0.519. The van der Waals surface area contributed by atoms with Crippen LogP contribution in [0.4, 0.5) is 5.69 Å². The molecule has 0 radical (unpaired) electrons. The molecule has 0 bridgehead atoms. The van der Waals surface area contributed by atoms with Gasteiger partial charge >= 0.3 is 0 Å². The van der Waals surface area contributed by atoms with Crippen molar-refractivity contribution in [2.45, 2.75) is 13.3 Å². The predicted octanol–water partition coefficient (Wildman–Crippen LogP) is 0.535. The largest absolute Gasteiger partial charge is 0.384 e. The fourth-order valence-corrected chi connectivity index (χ4v) is 2.87. The lowest BCUT2D eigenvalue weighted by Crippen LogP contribution is -2.41. The van der Waals surface area contributed by atoms with Crippen LogP contribution in [0.15, 0.2) is 24.5 Å². The van der Waals surface area contributed by atoms with Crippen LogP contribution in [-0.4, -0.2) is 52.9 Å². The summed E-state index contributed by atoms with van der Waals surface area (Å²) in [5.41, 5.74) is 2.05. The molecule has 1 fully saturated rings. The molecule has 1 amide bonds. The molecule has 1 atom stereocenters. The Morgan fingerprint density at radius 2 is 2.39 bits per heavy atom. The van der Waals surface area contributed by atoms with E-state index in [1.165, 1.54) is 6.33 Å². The van der Waals surface area contributed by atoms with Gasteiger partial charge in [0.1, 0.15) is 6.33 Å². The number of nitrogens with one attached hydrogen (secondary N) is 2. The smallest absolute Gasteiger partial charge is 0.234 e. The molecule has 8 heteroatoms. The Hall–Kier alpha value is -2.32. The number of benzene rings is 1. The Bertz CT molecular complexity index is 679. The number of hydrogen-bond acceptors (Lipinski definition) is 6. The summed E-state index contributed by atoms with van der Waals surface area (Å²) in [6, 6.07) is 5.68. The van der Waals surface area contributed by atoms with Crippen LogP contribution in [0.3, 0.4) is 0 Å². The van der Waals surface area contributed by atoms with Gasteiger partial charge in [-0.2, -0.15) is 0 Å². The number of aryl methyl sites for hydroxylation is 1. The van der Waals surface area contributed by atoms with Crippen molar-refractivity contribution in [3.05, 3.63) is 30.1 Å². The number of anilines is 1. The van der Waals surface area contributed by atoms with Crippen LogP contribution in [0.5, 0.6) is 0 Å². The van der Waals surface area contributed by atoms with Crippen molar-refractivity contribution >= 4 is 11.6 Å². The lowest BCUT2D eigenvalue weighted by Gasteiger charge is -2.26. The number of tetrazole rings is 1. The van der Waals surface area contributed by atoms with Crippen LogP contribution in [0.1, 0.15) is 12.0 Å². The van der Waals surface area contributed by atoms with E-state index < -0.39 is 5.41 Å². The van der Waals surface area contributed by atoms with Gasteiger partial charge in [-0.3, -0.25) is 4.79 Å². The highest BCUT2D eigenvalue weighted by Crippen LogP contribution is 2.28. The van der Waals surface area contributed by atoms with Crippen molar-refractivity contribution < 1.29 is 9.53 Å². The average molecular weight is 316 g/mol. The molecule has 1 aliphatic heterocycles. The van der Waals surface area contributed by atoms with E-state index in [1.807, 2.05) is 25.1 Å². The predicted molar refractivity (Wildman–Crippen MR) is 84.3 cm³/mol. The molecule has 1 aliphatic rings. The number of rotatable bonds is 5. The molecule has 23 heavy (non-hydrogen) atoms. The van der Waals surface area contributed by atoms with E-state index in [0.717, 1.165) is 24.2 Å². The van der Waals surface area contributed by atoms with Gasteiger partial charge in [0, 0.05) is 19.3 Å². The first-order chi connectivity index (χ1) is 11.1. The van der Waals surface area contributed by atoms with Crippen LogP contribution in [-0.2, 0) is 9.53 Å². The number of carbonyl (C=O) groups excluding carboxylic acids is 1. The number of hydrogen-bond donors (Lipinski definition) is 2. The van der Waals surface area contributed by atoms with Gasteiger partial charge in [0.25, 0.3) is 0 Å². The lowest BCUT2D eigenvalue weighted by molar-refractivity contribution is -0.127. The molecule has 122 valence electrons. The van der Waals surface area contributed by atoms with Crippen molar-refractivity contribution in [2.75, 3.05) is 32.1 Å². The maximum atomic E-state index is 12.7. The van der Waals surface area contributed by atoms with E-state index >= 15 is 0 Å². The van der Waals surface area contributed by atoms with Crippen molar-refractivity contribution in [1.29, 1.82) is 0 Å². The van der Waals surface area contributed by atoms with Gasteiger partial charge in [-0.25, -0.2) is 4.68 Å². The number of ether oxygens (including phenoxy) is 1. The SMILES string of the molecule is COCC1(C(=O)Nc2ccc(C)c(-n3cnnn3)c2)CCNC1. The van der Waals surface area contributed by atoms with Crippen LogP contribution >= 0.6 is 0 Å². The van der Waals surface area contributed by atoms with E-state index in [4.69, 9.17) is 4.74 Å². The Morgan fingerprint density at radius 1 is 1.52 bits per heavy atom. The van der Waals surface area contributed by atoms with E-state index in [-0.39, 0.29) is 5.91 Å². The fourth-order valence-electron chi connectivity index (χ4n) is 2.87. The lowest BCUT2D eigenvalue weighted by atomic mass is 9.87. The molecule has 1 aromatic heterocycles.